The topological polar surface area (TPSA) is 79.0 Å². The van der Waals surface area contributed by atoms with Crippen molar-refractivity contribution in [1.29, 1.82) is 0 Å². The van der Waals surface area contributed by atoms with E-state index in [4.69, 9.17) is 4.74 Å². The van der Waals surface area contributed by atoms with Gasteiger partial charge in [-0.15, -0.1) is 0 Å². The van der Waals surface area contributed by atoms with Crippen molar-refractivity contribution in [3.05, 3.63) is 35.6 Å². The molecule has 2 atom stereocenters. The summed E-state index contributed by atoms with van der Waals surface area (Å²) in [4.78, 5) is 40.5. The lowest BCUT2D eigenvalue weighted by molar-refractivity contribution is -0.143. The molecule has 0 aromatic heterocycles. The van der Waals surface area contributed by atoms with Gasteiger partial charge in [-0.25, -0.2) is 9.18 Å². The molecule has 0 radical (unpaired) electrons. The second kappa shape index (κ2) is 7.03. The summed E-state index contributed by atoms with van der Waals surface area (Å²) >= 11 is 0. The molecular weight excluding hydrogens is 341 g/mol. The van der Waals surface area contributed by atoms with Gasteiger partial charge >= 0.3 is 6.03 Å². The normalized spacial score (nSPS) is 26.2. The van der Waals surface area contributed by atoms with Crippen LogP contribution in [0.4, 0.5) is 9.18 Å². The van der Waals surface area contributed by atoms with Crippen LogP contribution in [0.25, 0.3) is 0 Å². The monoisotopic (exact) mass is 363 g/mol. The molecule has 0 bridgehead atoms. The number of benzene rings is 1. The first kappa shape index (κ1) is 18.3. The Morgan fingerprint density at radius 1 is 1.35 bits per heavy atom. The van der Waals surface area contributed by atoms with Crippen molar-refractivity contribution in [2.75, 3.05) is 26.2 Å². The minimum absolute atomic E-state index is 0.0789. The second-order valence-electron chi connectivity index (χ2n) is 6.61. The summed E-state index contributed by atoms with van der Waals surface area (Å²) in [5.74, 6) is -1.22. The fourth-order valence-corrected chi connectivity index (χ4v) is 3.42. The number of imide groups is 1. The van der Waals surface area contributed by atoms with Gasteiger partial charge in [0.2, 0.25) is 5.91 Å². The lowest BCUT2D eigenvalue weighted by atomic mass is 9.87. The fraction of sp³-hybridized carbons (Fsp3) is 0.500. The van der Waals surface area contributed by atoms with Gasteiger partial charge in [0.25, 0.3) is 5.91 Å². The highest BCUT2D eigenvalue weighted by Gasteiger charge is 2.51. The number of amides is 4. The van der Waals surface area contributed by atoms with Gasteiger partial charge in [0.15, 0.2) is 0 Å². The molecule has 2 heterocycles. The zero-order valence-electron chi connectivity index (χ0n) is 14.8. The van der Waals surface area contributed by atoms with E-state index < -0.39 is 23.3 Å². The summed E-state index contributed by atoms with van der Waals surface area (Å²) < 4.78 is 18.6. The van der Waals surface area contributed by atoms with Crippen molar-refractivity contribution in [2.45, 2.75) is 31.9 Å². The van der Waals surface area contributed by atoms with Crippen molar-refractivity contribution < 1.29 is 23.5 Å². The molecule has 140 valence electrons. The molecule has 26 heavy (non-hydrogen) atoms. The summed E-state index contributed by atoms with van der Waals surface area (Å²) in [6.07, 6.45) is 0.215. The minimum Gasteiger partial charge on any atom is -0.375 e. The predicted molar refractivity (Wildman–Crippen MR) is 90.6 cm³/mol. The molecular formula is C18H22FN3O4. The number of nitrogens with zero attached hydrogens (tertiary/aromatic N) is 2. The van der Waals surface area contributed by atoms with E-state index in [1.165, 1.54) is 24.3 Å². The first-order valence-corrected chi connectivity index (χ1v) is 8.67. The maximum absolute atomic E-state index is 13.2. The number of halogens is 1. The molecule has 1 N–H and O–H groups in total. The highest BCUT2D eigenvalue weighted by Crippen LogP contribution is 2.32. The van der Waals surface area contributed by atoms with Gasteiger partial charge in [-0.1, -0.05) is 19.1 Å². The molecule has 2 fully saturated rings. The number of ether oxygens (including phenoxy) is 1. The molecule has 1 aromatic carbocycles. The van der Waals surface area contributed by atoms with E-state index in [2.05, 4.69) is 5.32 Å². The van der Waals surface area contributed by atoms with Crippen molar-refractivity contribution in [1.82, 2.24) is 15.1 Å². The first-order valence-electron chi connectivity index (χ1n) is 8.67. The van der Waals surface area contributed by atoms with Crippen LogP contribution in [-0.2, 0) is 19.9 Å². The molecule has 0 saturated carbocycles. The molecule has 2 unspecified atom stereocenters. The van der Waals surface area contributed by atoms with Crippen LogP contribution < -0.4 is 5.32 Å². The van der Waals surface area contributed by atoms with Crippen LogP contribution in [0.1, 0.15) is 25.8 Å². The third kappa shape index (κ3) is 3.16. The molecule has 3 rings (SSSR count). The van der Waals surface area contributed by atoms with E-state index in [1.54, 1.807) is 11.8 Å². The molecule has 4 amide bonds. The number of rotatable bonds is 4. The van der Waals surface area contributed by atoms with Gasteiger partial charge < -0.3 is 15.0 Å². The zero-order valence-corrected chi connectivity index (χ0v) is 14.8. The van der Waals surface area contributed by atoms with Crippen LogP contribution in [-0.4, -0.2) is 60.0 Å². The van der Waals surface area contributed by atoms with Gasteiger partial charge in [0.05, 0.1) is 12.7 Å². The van der Waals surface area contributed by atoms with Gasteiger partial charge in [-0.3, -0.25) is 14.5 Å². The van der Waals surface area contributed by atoms with Gasteiger partial charge in [-0.2, -0.15) is 0 Å². The quantitative estimate of drug-likeness (QED) is 0.816. The number of morpholine rings is 1. The Morgan fingerprint density at radius 3 is 2.65 bits per heavy atom. The molecule has 0 aliphatic carbocycles. The Labute approximate surface area is 151 Å². The summed E-state index contributed by atoms with van der Waals surface area (Å²) in [6.45, 7) is 4.60. The molecule has 2 aliphatic heterocycles. The number of urea groups is 1. The fourth-order valence-electron chi connectivity index (χ4n) is 3.42. The number of carbonyl (C=O) groups excluding carboxylic acids is 3. The van der Waals surface area contributed by atoms with Gasteiger partial charge in [0.1, 0.15) is 17.9 Å². The lowest BCUT2D eigenvalue weighted by Gasteiger charge is -2.32. The van der Waals surface area contributed by atoms with Crippen LogP contribution in [0.5, 0.6) is 0 Å². The number of hydrogen-bond acceptors (Lipinski definition) is 4. The standard InChI is InChI=1S/C18H22FN3O4/c1-3-18(13-4-6-14(19)7-5-13)16(24)22(17(25)20-18)11-15(23)21-8-9-26-12(2)10-21/h4-7,12H,3,8-11H2,1-2H3,(H,20,25). The molecule has 2 aliphatic rings. The smallest absolute Gasteiger partial charge is 0.325 e. The maximum Gasteiger partial charge on any atom is 0.325 e. The van der Waals surface area contributed by atoms with Crippen LogP contribution in [0.2, 0.25) is 0 Å². The van der Waals surface area contributed by atoms with E-state index in [9.17, 15) is 18.8 Å². The van der Waals surface area contributed by atoms with Crippen LogP contribution >= 0.6 is 0 Å². The van der Waals surface area contributed by atoms with Crippen molar-refractivity contribution in [3.8, 4) is 0 Å². The van der Waals surface area contributed by atoms with E-state index in [0.717, 1.165) is 4.90 Å². The number of carbonyl (C=O) groups is 3. The Bertz CT molecular complexity index is 724. The SMILES string of the molecule is CCC1(c2ccc(F)cc2)NC(=O)N(CC(=O)N2CCOC(C)C2)C1=O. The largest absolute Gasteiger partial charge is 0.375 e. The summed E-state index contributed by atoms with van der Waals surface area (Å²) in [7, 11) is 0. The lowest BCUT2D eigenvalue weighted by Crippen LogP contribution is -2.50. The predicted octanol–water partition coefficient (Wildman–Crippen LogP) is 1.23. The van der Waals surface area contributed by atoms with Crippen molar-refractivity contribution >= 4 is 17.8 Å². The zero-order chi connectivity index (χ0) is 18.9. The highest BCUT2D eigenvalue weighted by molar-refractivity contribution is 6.09. The Morgan fingerprint density at radius 2 is 2.04 bits per heavy atom. The summed E-state index contributed by atoms with van der Waals surface area (Å²) in [5.41, 5.74) is -0.779. The number of nitrogens with one attached hydrogen (secondary N) is 1. The van der Waals surface area contributed by atoms with E-state index in [0.29, 0.717) is 31.7 Å². The van der Waals surface area contributed by atoms with Gasteiger partial charge in [0, 0.05) is 13.1 Å². The van der Waals surface area contributed by atoms with E-state index in [1.807, 2.05) is 6.92 Å². The van der Waals surface area contributed by atoms with Crippen molar-refractivity contribution in [2.24, 2.45) is 0 Å². The Balaban J connectivity index is 1.79. The Hall–Kier alpha value is -2.48. The maximum atomic E-state index is 13.2. The van der Waals surface area contributed by atoms with Crippen molar-refractivity contribution in [3.63, 3.8) is 0 Å². The highest BCUT2D eigenvalue weighted by atomic mass is 19.1. The minimum atomic E-state index is -1.27. The molecule has 0 spiro atoms. The third-order valence-electron chi connectivity index (χ3n) is 4.93. The summed E-state index contributed by atoms with van der Waals surface area (Å²) in [5, 5.41) is 2.69. The summed E-state index contributed by atoms with van der Waals surface area (Å²) in [6, 6.07) is 4.83. The van der Waals surface area contributed by atoms with E-state index in [-0.39, 0.29) is 18.6 Å². The first-order chi connectivity index (χ1) is 12.4. The average Bonchev–Trinajstić information content (AvgIpc) is 2.87. The third-order valence-corrected chi connectivity index (χ3v) is 4.93. The molecule has 1 aromatic rings. The Kier molecular flexibility index (Phi) is 4.95. The van der Waals surface area contributed by atoms with Crippen LogP contribution in [0.15, 0.2) is 24.3 Å². The molecule has 8 heteroatoms. The molecule has 7 nitrogen and oxygen atoms in total. The number of hydrogen-bond donors (Lipinski definition) is 1. The van der Waals surface area contributed by atoms with Gasteiger partial charge in [-0.05, 0) is 31.0 Å². The second-order valence-corrected chi connectivity index (χ2v) is 6.61. The van der Waals surface area contributed by atoms with Crippen LogP contribution in [0, 0.1) is 5.82 Å². The molecule has 2 saturated heterocycles. The average molecular weight is 363 g/mol. The van der Waals surface area contributed by atoms with E-state index >= 15 is 0 Å². The van der Waals surface area contributed by atoms with Crippen LogP contribution in [0.3, 0.4) is 0 Å².